The van der Waals surface area contributed by atoms with Crippen LogP contribution in [0, 0.1) is 13.8 Å². The van der Waals surface area contributed by atoms with E-state index in [-0.39, 0.29) is 5.56 Å². The summed E-state index contributed by atoms with van der Waals surface area (Å²) >= 11 is 0. The molecule has 0 aromatic heterocycles. The van der Waals surface area contributed by atoms with Crippen molar-refractivity contribution in [1.29, 1.82) is 0 Å². The highest BCUT2D eigenvalue weighted by Gasteiger charge is 2.02. The van der Waals surface area contributed by atoms with E-state index in [9.17, 15) is 4.79 Å². The summed E-state index contributed by atoms with van der Waals surface area (Å²) in [6.45, 7) is 6.08. The summed E-state index contributed by atoms with van der Waals surface area (Å²) in [7, 11) is 0. The molecule has 2 N–H and O–H groups in total. The Kier molecular flexibility index (Phi) is 4.38. The molecule has 0 radical (unpaired) electrons. The number of aromatic carboxylic acids is 1. The van der Waals surface area contributed by atoms with Gasteiger partial charge in [0.1, 0.15) is 0 Å². The average Bonchev–Trinajstić information content (AvgIpc) is 2.48. The summed E-state index contributed by atoms with van der Waals surface area (Å²) in [6, 6.07) is 12.7. The fraction of sp³-hybridized carbons (Fsp3) is 0.176. The molecule has 2 rings (SSSR count). The lowest BCUT2D eigenvalue weighted by Gasteiger charge is -2.06. The van der Waals surface area contributed by atoms with Crippen LogP contribution in [-0.4, -0.2) is 16.8 Å². The number of anilines is 1. The standard InChI is InChI=1S/C17H18N2O2/c1-11-4-5-15(10-12(11)2)13(3)18-19-16-8-6-14(7-9-16)17(20)21/h4-10,19H,1-3H3,(H,20,21)/b18-13+. The highest BCUT2D eigenvalue weighted by Crippen LogP contribution is 2.12. The molecule has 108 valence electrons. The van der Waals surface area contributed by atoms with Crippen LogP contribution in [0.1, 0.15) is 34.0 Å². The molecule has 0 heterocycles. The zero-order valence-electron chi connectivity index (χ0n) is 12.3. The number of carboxylic acid groups (broad SMARTS) is 1. The molecular weight excluding hydrogens is 264 g/mol. The van der Waals surface area contributed by atoms with Gasteiger partial charge in [-0.3, -0.25) is 5.43 Å². The lowest BCUT2D eigenvalue weighted by Crippen LogP contribution is -2.01. The van der Waals surface area contributed by atoms with Crippen LogP contribution in [0.5, 0.6) is 0 Å². The average molecular weight is 282 g/mol. The van der Waals surface area contributed by atoms with E-state index in [4.69, 9.17) is 5.11 Å². The Morgan fingerprint density at radius 2 is 1.62 bits per heavy atom. The van der Waals surface area contributed by atoms with Crippen LogP contribution in [0.4, 0.5) is 5.69 Å². The van der Waals surface area contributed by atoms with Crippen LogP contribution in [0.25, 0.3) is 0 Å². The molecule has 0 spiro atoms. The minimum absolute atomic E-state index is 0.260. The predicted molar refractivity (Wildman–Crippen MR) is 85.2 cm³/mol. The van der Waals surface area contributed by atoms with Gasteiger partial charge in [-0.25, -0.2) is 4.79 Å². The van der Waals surface area contributed by atoms with E-state index >= 15 is 0 Å². The van der Waals surface area contributed by atoms with Gasteiger partial charge in [0.05, 0.1) is 17.0 Å². The predicted octanol–water partition coefficient (Wildman–Crippen LogP) is 3.84. The molecule has 0 amide bonds. The molecule has 4 heteroatoms. The molecular formula is C17H18N2O2. The number of hydrogen-bond donors (Lipinski definition) is 2. The van der Waals surface area contributed by atoms with Crippen LogP contribution in [0.2, 0.25) is 0 Å². The Morgan fingerprint density at radius 1 is 1.00 bits per heavy atom. The van der Waals surface area contributed by atoms with Gasteiger partial charge in [-0.1, -0.05) is 12.1 Å². The number of hydrogen-bond acceptors (Lipinski definition) is 3. The molecule has 0 saturated heterocycles. The van der Waals surface area contributed by atoms with Gasteiger partial charge < -0.3 is 5.11 Å². The molecule has 0 fully saturated rings. The molecule has 2 aromatic carbocycles. The van der Waals surface area contributed by atoms with Crippen molar-refractivity contribution in [3.05, 3.63) is 64.7 Å². The van der Waals surface area contributed by atoms with Gasteiger partial charge in [-0.15, -0.1) is 0 Å². The zero-order chi connectivity index (χ0) is 15.4. The lowest BCUT2D eigenvalue weighted by molar-refractivity contribution is 0.0697. The van der Waals surface area contributed by atoms with Crippen LogP contribution < -0.4 is 5.43 Å². The van der Waals surface area contributed by atoms with E-state index in [2.05, 4.69) is 36.5 Å². The molecule has 4 nitrogen and oxygen atoms in total. The number of benzene rings is 2. The summed E-state index contributed by atoms with van der Waals surface area (Å²) in [5.74, 6) is -0.934. The minimum atomic E-state index is -0.934. The van der Waals surface area contributed by atoms with Crippen molar-refractivity contribution in [1.82, 2.24) is 0 Å². The van der Waals surface area contributed by atoms with Crippen molar-refractivity contribution in [2.75, 3.05) is 5.43 Å². The van der Waals surface area contributed by atoms with Gasteiger partial charge in [-0.05, 0) is 67.8 Å². The number of aryl methyl sites for hydroxylation is 2. The third kappa shape index (κ3) is 3.69. The van der Waals surface area contributed by atoms with Crippen LogP contribution in [0.3, 0.4) is 0 Å². The van der Waals surface area contributed by atoms with E-state index in [0.29, 0.717) is 0 Å². The minimum Gasteiger partial charge on any atom is -0.478 e. The van der Waals surface area contributed by atoms with Crippen molar-refractivity contribution >= 4 is 17.4 Å². The quantitative estimate of drug-likeness (QED) is 0.661. The Hall–Kier alpha value is -2.62. The first-order valence-electron chi connectivity index (χ1n) is 6.68. The van der Waals surface area contributed by atoms with Crippen molar-refractivity contribution in [3.63, 3.8) is 0 Å². The summed E-state index contributed by atoms with van der Waals surface area (Å²) < 4.78 is 0. The normalized spacial score (nSPS) is 11.3. The number of hydrazone groups is 1. The number of rotatable bonds is 4. The maximum atomic E-state index is 10.8. The monoisotopic (exact) mass is 282 g/mol. The molecule has 0 aliphatic carbocycles. The number of carbonyl (C=O) groups is 1. The number of carboxylic acids is 1. The van der Waals surface area contributed by atoms with Gasteiger partial charge in [0.25, 0.3) is 0 Å². The molecule has 0 unspecified atom stereocenters. The van der Waals surface area contributed by atoms with Gasteiger partial charge in [0.2, 0.25) is 0 Å². The summed E-state index contributed by atoms with van der Waals surface area (Å²) in [4.78, 5) is 10.8. The maximum Gasteiger partial charge on any atom is 0.335 e. The third-order valence-corrected chi connectivity index (χ3v) is 3.41. The van der Waals surface area contributed by atoms with Crippen LogP contribution in [-0.2, 0) is 0 Å². The largest absolute Gasteiger partial charge is 0.478 e. The Balaban J connectivity index is 2.12. The first-order chi connectivity index (χ1) is 9.97. The Labute approximate surface area is 124 Å². The fourth-order valence-electron chi connectivity index (χ4n) is 1.87. The summed E-state index contributed by atoms with van der Waals surface area (Å²) in [6.07, 6.45) is 0. The Bertz CT molecular complexity index is 688. The van der Waals surface area contributed by atoms with Crippen molar-refractivity contribution < 1.29 is 9.90 Å². The van der Waals surface area contributed by atoms with Crippen LogP contribution in [0.15, 0.2) is 47.6 Å². The van der Waals surface area contributed by atoms with Gasteiger partial charge in [0.15, 0.2) is 0 Å². The Morgan fingerprint density at radius 3 is 2.19 bits per heavy atom. The number of nitrogens with one attached hydrogen (secondary N) is 1. The van der Waals surface area contributed by atoms with Crippen LogP contribution >= 0.6 is 0 Å². The second kappa shape index (κ2) is 6.22. The lowest BCUT2D eigenvalue weighted by atomic mass is 10.0. The van der Waals surface area contributed by atoms with Gasteiger partial charge >= 0.3 is 5.97 Å². The zero-order valence-corrected chi connectivity index (χ0v) is 12.3. The van der Waals surface area contributed by atoms with Crippen molar-refractivity contribution in [3.8, 4) is 0 Å². The fourth-order valence-corrected chi connectivity index (χ4v) is 1.87. The van der Waals surface area contributed by atoms with Crippen molar-refractivity contribution in [2.45, 2.75) is 20.8 Å². The molecule has 0 aliphatic rings. The molecule has 0 aliphatic heterocycles. The highest BCUT2D eigenvalue weighted by atomic mass is 16.4. The van der Waals surface area contributed by atoms with E-state index in [1.54, 1.807) is 24.3 Å². The first-order valence-corrected chi connectivity index (χ1v) is 6.68. The molecule has 0 bridgehead atoms. The van der Waals surface area contributed by atoms with Gasteiger partial charge in [0, 0.05) is 0 Å². The van der Waals surface area contributed by atoms with E-state index < -0.39 is 5.97 Å². The molecule has 2 aromatic rings. The van der Waals surface area contributed by atoms with Crippen molar-refractivity contribution in [2.24, 2.45) is 5.10 Å². The highest BCUT2D eigenvalue weighted by molar-refractivity contribution is 5.99. The first kappa shape index (κ1) is 14.8. The summed E-state index contributed by atoms with van der Waals surface area (Å²) in [5, 5.41) is 13.2. The number of nitrogens with zero attached hydrogens (tertiary/aromatic N) is 1. The van der Waals surface area contributed by atoms with Gasteiger partial charge in [-0.2, -0.15) is 5.10 Å². The van der Waals surface area contributed by atoms with E-state index in [1.807, 2.05) is 13.0 Å². The molecule has 0 atom stereocenters. The SMILES string of the molecule is C/C(=N\Nc1ccc(C(=O)O)cc1)c1ccc(C)c(C)c1. The second-order valence-corrected chi connectivity index (χ2v) is 4.99. The summed E-state index contributed by atoms with van der Waals surface area (Å²) in [5.41, 5.74) is 8.37. The molecule has 0 saturated carbocycles. The van der Waals surface area contributed by atoms with E-state index in [1.165, 1.54) is 11.1 Å². The van der Waals surface area contributed by atoms with E-state index in [0.717, 1.165) is 17.0 Å². The topological polar surface area (TPSA) is 61.7 Å². The maximum absolute atomic E-state index is 10.8. The molecule has 21 heavy (non-hydrogen) atoms. The third-order valence-electron chi connectivity index (χ3n) is 3.41. The second-order valence-electron chi connectivity index (χ2n) is 4.99. The smallest absolute Gasteiger partial charge is 0.335 e.